The van der Waals surface area contributed by atoms with E-state index < -0.39 is 0 Å². The molecule has 2 N–H and O–H groups in total. The van der Waals surface area contributed by atoms with Gasteiger partial charge in [0.25, 0.3) is 11.8 Å². The highest BCUT2D eigenvalue weighted by Crippen LogP contribution is 2.19. The maximum atomic E-state index is 12.2. The summed E-state index contributed by atoms with van der Waals surface area (Å²) in [6.45, 7) is 1.98. The van der Waals surface area contributed by atoms with Gasteiger partial charge in [0.1, 0.15) is 11.4 Å². The van der Waals surface area contributed by atoms with Crippen LogP contribution in [0.3, 0.4) is 0 Å². The summed E-state index contributed by atoms with van der Waals surface area (Å²) in [6, 6.07) is 12.6. The lowest BCUT2D eigenvalue weighted by Crippen LogP contribution is -2.27. The summed E-state index contributed by atoms with van der Waals surface area (Å²) in [7, 11) is 0. The number of nitrogens with zero attached hydrogens (tertiary/aromatic N) is 1. The van der Waals surface area contributed by atoms with Crippen LogP contribution in [0.15, 0.2) is 42.5 Å². The third-order valence-corrected chi connectivity index (χ3v) is 3.44. The van der Waals surface area contributed by atoms with Gasteiger partial charge in [0.05, 0.1) is 0 Å². The zero-order valence-electron chi connectivity index (χ0n) is 12.3. The molecule has 2 amide bonds. The molecule has 0 unspecified atom stereocenters. The van der Waals surface area contributed by atoms with Crippen LogP contribution >= 0.6 is 0 Å². The van der Waals surface area contributed by atoms with Crippen LogP contribution in [0, 0.1) is 6.92 Å². The highest BCUT2D eigenvalue weighted by molar-refractivity contribution is 6.03. The number of nitrogens with one attached hydrogen (secondary N) is 2. The number of hydrogen-bond donors (Lipinski definition) is 2. The fourth-order valence-electron chi connectivity index (χ4n) is 2.01. The number of rotatable bonds is 4. The predicted octanol–water partition coefficient (Wildman–Crippen LogP) is 2.53. The van der Waals surface area contributed by atoms with Crippen LogP contribution < -0.4 is 10.6 Å². The molecule has 1 aromatic heterocycles. The van der Waals surface area contributed by atoms with Gasteiger partial charge in [0.2, 0.25) is 0 Å². The van der Waals surface area contributed by atoms with E-state index in [0.717, 1.165) is 18.4 Å². The first kappa shape index (κ1) is 14.3. The Morgan fingerprint density at radius 3 is 2.27 bits per heavy atom. The second-order valence-corrected chi connectivity index (χ2v) is 5.48. The second-order valence-electron chi connectivity index (χ2n) is 5.48. The summed E-state index contributed by atoms with van der Waals surface area (Å²) in [5.41, 5.74) is 2.31. The van der Waals surface area contributed by atoms with E-state index >= 15 is 0 Å². The average Bonchev–Trinajstić information content (AvgIpc) is 3.33. The van der Waals surface area contributed by atoms with Crippen LogP contribution in [-0.2, 0) is 0 Å². The van der Waals surface area contributed by atoms with E-state index in [2.05, 4.69) is 15.6 Å². The van der Waals surface area contributed by atoms with Crippen molar-refractivity contribution in [2.75, 3.05) is 5.32 Å². The molecule has 1 saturated carbocycles. The van der Waals surface area contributed by atoms with Gasteiger partial charge in [0.15, 0.2) is 0 Å². The monoisotopic (exact) mass is 295 g/mol. The Bertz CT molecular complexity index is 706. The number of carbonyl (C=O) groups is 2. The molecule has 1 heterocycles. The van der Waals surface area contributed by atoms with Gasteiger partial charge in [-0.15, -0.1) is 0 Å². The molecular formula is C17H17N3O2. The maximum absolute atomic E-state index is 12.2. The lowest BCUT2D eigenvalue weighted by molar-refractivity contribution is 0.0946. The van der Waals surface area contributed by atoms with Gasteiger partial charge < -0.3 is 10.6 Å². The van der Waals surface area contributed by atoms with Crippen molar-refractivity contribution in [3.8, 4) is 0 Å². The molecule has 0 atom stereocenters. The molecule has 0 radical (unpaired) electrons. The van der Waals surface area contributed by atoms with Gasteiger partial charge in [-0.25, -0.2) is 4.98 Å². The first-order chi connectivity index (χ1) is 10.6. The smallest absolute Gasteiger partial charge is 0.274 e. The zero-order valence-corrected chi connectivity index (χ0v) is 12.3. The summed E-state index contributed by atoms with van der Waals surface area (Å²) < 4.78 is 0. The summed E-state index contributed by atoms with van der Waals surface area (Å²) >= 11 is 0. The quantitative estimate of drug-likeness (QED) is 0.910. The van der Waals surface area contributed by atoms with Gasteiger partial charge in [0, 0.05) is 11.7 Å². The average molecular weight is 295 g/mol. The number of amides is 2. The molecule has 0 aliphatic heterocycles. The first-order valence-corrected chi connectivity index (χ1v) is 7.28. The zero-order chi connectivity index (χ0) is 15.5. The molecule has 3 rings (SSSR count). The van der Waals surface area contributed by atoms with E-state index in [4.69, 9.17) is 0 Å². The van der Waals surface area contributed by atoms with E-state index in [1.807, 2.05) is 31.2 Å². The molecule has 112 valence electrons. The van der Waals surface area contributed by atoms with Crippen LogP contribution in [0.4, 0.5) is 5.69 Å². The largest absolute Gasteiger partial charge is 0.348 e. The van der Waals surface area contributed by atoms with Crippen LogP contribution in [0.2, 0.25) is 0 Å². The van der Waals surface area contributed by atoms with Crippen LogP contribution in [0.5, 0.6) is 0 Å². The molecule has 5 heteroatoms. The Labute approximate surface area is 128 Å². The third kappa shape index (κ3) is 3.49. The topological polar surface area (TPSA) is 71.1 Å². The number of aryl methyl sites for hydroxylation is 1. The van der Waals surface area contributed by atoms with Crippen molar-refractivity contribution in [2.45, 2.75) is 25.8 Å². The minimum absolute atomic E-state index is 0.226. The van der Waals surface area contributed by atoms with E-state index in [1.54, 1.807) is 18.2 Å². The fourth-order valence-corrected chi connectivity index (χ4v) is 2.01. The Morgan fingerprint density at radius 2 is 1.64 bits per heavy atom. The van der Waals surface area contributed by atoms with Gasteiger partial charge in [-0.1, -0.05) is 23.8 Å². The van der Waals surface area contributed by atoms with Crippen molar-refractivity contribution in [3.63, 3.8) is 0 Å². The molecule has 1 aromatic carbocycles. The number of carbonyl (C=O) groups excluding carboxylic acids is 2. The molecule has 22 heavy (non-hydrogen) atoms. The predicted molar refractivity (Wildman–Crippen MR) is 83.9 cm³/mol. The van der Waals surface area contributed by atoms with Crippen molar-refractivity contribution < 1.29 is 9.59 Å². The van der Waals surface area contributed by atoms with E-state index in [0.29, 0.717) is 5.69 Å². The molecular weight excluding hydrogens is 278 g/mol. The first-order valence-electron chi connectivity index (χ1n) is 7.28. The molecule has 0 spiro atoms. The van der Waals surface area contributed by atoms with E-state index in [-0.39, 0.29) is 29.2 Å². The van der Waals surface area contributed by atoms with E-state index in [9.17, 15) is 9.59 Å². The number of benzene rings is 1. The highest BCUT2D eigenvalue weighted by Gasteiger charge is 2.24. The normalized spacial score (nSPS) is 13.5. The number of anilines is 1. The summed E-state index contributed by atoms with van der Waals surface area (Å²) in [5.74, 6) is -0.558. The van der Waals surface area contributed by atoms with Crippen molar-refractivity contribution in [1.29, 1.82) is 0 Å². The van der Waals surface area contributed by atoms with Crippen molar-refractivity contribution in [3.05, 3.63) is 59.4 Å². The lowest BCUT2D eigenvalue weighted by atomic mass is 10.2. The Balaban J connectivity index is 1.71. The summed E-state index contributed by atoms with van der Waals surface area (Å²) in [6.07, 6.45) is 2.03. The fraction of sp³-hybridized carbons (Fsp3) is 0.235. The lowest BCUT2D eigenvalue weighted by Gasteiger charge is -2.07. The van der Waals surface area contributed by atoms with E-state index in [1.165, 1.54) is 0 Å². The third-order valence-electron chi connectivity index (χ3n) is 3.44. The Kier molecular flexibility index (Phi) is 3.87. The molecule has 1 aliphatic carbocycles. The molecule has 1 aliphatic rings. The van der Waals surface area contributed by atoms with Gasteiger partial charge in [-0.05, 0) is 44.0 Å². The number of hydrogen-bond acceptors (Lipinski definition) is 3. The molecule has 0 bridgehead atoms. The molecule has 5 nitrogen and oxygen atoms in total. The minimum Gasteiger partial charge on any atom is -0.348 e. The van der Waals surface area contributed by atoms with Crippen LogP contribution in [0.25, 0.3) is 0 Å². The Hall–Kier alpha value is -2.69. The van der Waals surface area contributed by atoms with Crippen molar-refractivity contribution in [2.24, 2.45) is 0 Å². The highest BCUT2D eigenvalue weighted by atomic mass is 16.2. The van der Waals surface area contributed by atoms with Crippen LogP contribution in [-0.4, -0.2) is 22.8 Å². The van der Waals surface area contributed by atoms with Crippen molar-refractivity contribution in [1.82, 2.24) is 10.3 Å². The van der Waals surface area contributed by atoms with Gasteiger partial charge in [-0.2, -0.15) is 0 Å². The minimum atomic E-state index is -0.329. The van der Waals surface area contributed by atoms with Gasteiger partial charge >= 0.3 is 0 Å². The summed E-state index contributed by atoms with van der Waals surface area (Å²) in [5, 5.41) is 5.63. The van der Waals surface area contributed by atoms with Crippen molar-refractivity contribution >= 4 is 17.5 Å². The van der Waals surface area contributed by atoms with Gasteiger partial charge in [-0.3, -0.25) is 9.59 Å². The summed E-state index contributed by atoms with van der Waals surface area (Å²) in [4.78, 5) is 28.3. The number of aromatic nitrogens is 1. The molecule has 0 saturated heterocycles. The standard InChI is InChI=1S/C17H17N3O2/c1-11-5-7-12(8-6-11)18-16(21)14-3-2-4-15(20-14)17(22)19-13-9-10-13/h2-8,13H,9-10H2,1H3,(H,18,21)(H,19,22). The second kappa shape index (κ2) is 5.97. The number of pyridine rings is 1. The van der Waals surface area contributed by atoms with Crippen LogP contribution in [0.1, 0.15) is 39.4 Å². The maximum Gasteiger partial charge on any atom is 0.274 e. The molecule has 1 fully saturated rings. The SMILES string of the molecule is Cc1ccc(NC(=O)c2cccc(C(=O)NC3CC3)n2)cc1. The Morgan fingerprint density at radius 1 is 1.00 bits per heavy atom. The molecule has 2 aromatic rings.